The second kappa shape index (κ2) is 7.45. The van der Waals surface area contributed by atoms with Crippen molar-refractivity contribution in [3.05, 3.63) is 75.1 Å². The molecule has 3 rings (SSSR count). The fourth-order valence-corrected chi connectivity index (χ4v) is 2.76. The number of ether oxygens (including phenoxy) is 1. The van der Waals surface area contributed by atoms with Gasteiger partial charge in [0.1, 0.15) is 5.58 Å². The first-order valence-corrected chi connectivity index (χ1v) is 8.43. The topological polar surface area (TPSA) is 85.6 Å². The zero-order valence-corrected chi connectivity index (χ0v) is 15.3. The van der Waals surface area contributed by atoms with E-state index in [4.69, 9.17) is 9.15 Å². The van der Waals surface area contributed by atoms with Crippen LogP contribution in [-0.2, 0) is 9.53 Å². The average Bonchev–Trinajstić information content (AvgIpc) is 2.63. The van der Waals surface area contributed by atoms with Crippen molar-refractivity contribution in [1.29, 1.82) is 0 Å². The minimum atomic E-state index is -0.869. The van der Waals surface area contributed by atoms with Crippen LogP contribution in [0.4, 0.5) is 5.69 Å². The molecule has 2 aromatic carbocycles. The van der Waals surface area contributed by atoms with Crippen LogP contribution in [0.15, 0.2) is 51.7 Å². The molecule has 1 N–H and O–H groups in total. The van der Waals surface area contributed by atoms with Gasteiger partial charge in [-0.1, -0.05) is 29.8 Å². The van der Waals surface area contributed by atoms with E-state index in [0.717, 1.165) is 22.8 Å². The predicted octanol–water partition coefficient (Wildman–Crippen LogP) is 3.51. The van der Waals surface area contributed by atoms with Gasteiger partial charge in [0, 0.05) is 11.8 Å². The standard InChI is InChI=1S/C21H19NO5/c1-12-7-8-17-15(9-12)16(23)10-18(27-17)21(25)26-11-19(24)22-20-13(2)5-4-6-14(20)3/h4-10H,11H2,1-3H3,(H,22,24). The van der Waals surface area contributed by atoms with Gasteiger partial charge in [-0.25, -0.2) is 4.79 Å². The van der Waals surface area contributed by atoms with Crippen molar-refractivity contribution >= 4 is 28.5 Å². The van der Waals surface area contributed by atoms with Crippen LogP contribution < -0.4 is 10.7 Å². The first kappa shape index (κ1) is 18.4. The fourth-order valence-electron chi connectivity index (χ4n) is 2.76. The lowest BCUT2D eigenvalue weighted by molar-refractivity contribution is -0.119. The molecule has 0 aliphatic carbocycles. The highest BCUT2D eigenvalue weighted by molar-refractivity contribution is 5.96. The molecule has 0 radical (unpaired) electrons. The number of nitrogens with one attached hydrogen (secondary N) is 1. The molecule has 0 spiro atoms. The highest BCUT2D eigenvalue weighted by atomic mass is 16.5. The maximum atomic E-state index is 12.2. The first-order chi connectivity index (χ1) is 12.8. The molecule has 1 amide bonds. The Bertz CT molecular complexity index is 1080. The number of hydrogen-bond acceptors (Lipinski definition) is 5. The molecule has 0 saturated heterocycles. The van der Waals surface area contributed by atoms with Crippen LogP contribution in [-0.4, -0.2) is 18.5 Å². The summed E-state index contributed by atoms with van der Waals surface area (Å²) < 4.78 is 10.4. The molecule has 138 valence electrons. The smallest absolute Gasteiger partial charge is 0.374 e. The van der Waals surface area contributed by atoms with Gasteiger partial charge in [0.2, 0.25) is 5.76 Å². The Morgan fingerprint density at radius 3 is 2.44 bits per heavy atom. The second-order valence-electron chi connectivity index (χ2n) is 6.37. The maximum absolute atomic E-state index is 12.2. The molecular weight excluding hydrogens is 346 g/mol. The van der Waals surface area contributed by atoms with Crippen molar-refractivity contribution in [3.8, 4) is 0 Å². The Labute approximate surface area is 155 Å². The lowest BCUT2D eigenvalue weighted by Crippen LogP contribution is -2.22. The summed E-state index contributed by atoms with van der Waals surface area (Å²) in [5, 5.41) is 3.11. The summed E-state index contributed by atoms with van der Waals surface area (Å²) in [6.45, 7) is 5.12. The lowest BCUT2D eigenvalue weighted by Gasteiger charge is -2.11. The van der Waals surface area contributed by atoms with E-state index in [2.05, 4.69) is 5.32 Å². The number of carbonyl (C=O) groups excluding carboxylic acids is 2. The van der Waals surface area contributed by atoms with Gasteiger partial charge in [0.25, 0.3) is 5.91 Å². The molecular formula is C21H19NO5. The summed E-state index contributed by atoms with van der Waals surface area (Å²) in [7, 11) is 0. The van der Waals surface area contributed by atoms with Gasteiger partial charge < -0.3 is 14.5 Å². The summed E-state index contributed by atoms with van der Waals surface area (Å²) in [5.41, 5.74) is 3.36. The minimum Gasteiger partial charge on any atom is -0.450 e. The van der Waals surface area contributed by atoms with Crippen molar-refractivity contribution in [2.45, 2.75) is 20.8 Å². The Balaban J connectivity index is 1.71. The van der Waals surface area contributed by atoms with Gasteiger partial charge in [-0.05, 0) is 44.0 Å². The van der Waals surface area contributed by atoms with Crippen LogP contribution in [0.5, 0.6) is 0 Å². The Hall–Kier alpha value is -3.41. The van der Waals surface area contributed by atoms with Crippen molar-refractivity contribution in [2.75, 3.05) is 11.9 Å². The van der Waals surface area contributed by atoms with Crippen LogP contribution in [0, 0.1) is 20.8 Å². The van der Waals surface area contributed by atoms with Gasteiger partial charge >= 0.3 is 5.97 Å². The number of para-hydroxylation sites is 1. The first-order valence-electron chi connectivity index (χ1n) is 8.43. The molecule has 0 unspecified atom stereocenters. The van der Waals surface area contributed by atoms with Gasteiger partial charge in [-0.3, -0.25) is 9.59 Å². The monoisotopic (exact) mass is 365 g/mol. The molecule has 0 aliphatic heterocycles. The number of anilines is 1. The van der Waals surface area contributed by atoms with Crippen molar-refractivity contribution < 1.29 is 18.7 Å². The van der Waals surface area contributed by atoms with E-state index in [1.807, 2.05) is 39.0 Å². The minimum absolute atomic E-state index is 0.240. The largest absolute Gasteiger partial charge is 0.450 e. The summed E-state index contributed by atoms with van der Waals surface area (Å²) in [6, 6.07) is 11.8. The van der Waals surface area contributed by atoms with Crippen LogP contribution in [0.25, 0.3) is 11.0 Å². The number of hydrogen-bond donors (Lipinski definition) is 1. The third kappa shape index (κ3) is 4.06. The van der Waals surface area contributed by atoms with Gasteiger partial charge in [-0.2, -0.15) is 0 Å². The van der Waals surface area contributed by atoms with Crippen molar-refractivity contribution in [2.24, 2.45) is 0 Å². The van der Waals surface area contributed by atoms with Crippen LogP contribution in [0.1, 0.15) is 27.2 Å². The quantitative estimate of drug-likeness (QED) is 0.715. The summed E-state index contributed by atoms with van der Waals surface area (Å²) in [4.78, 5) is 36.4. The van der Waals surface area contributed by atoms with Crippen LogP contribution >= 0.6 is 0 Å². The number of benzene rings is 2. The molecule has 0 aliphatic rings. The number of fused-ring (bicyclic) bond motifs is 1. The average molecular weight is 365 g/mol. The van der Waals surface area contributed by atoms with E-state index in [0.29, 0.717) is 16.7 Å². The molecule has 6 nitrogen and oxygen atoms in total. The Morgan fingerprint density at radius 2 is 1.74 bits per heavy atom. The summed E-state index contributed by atoms with van der Waals surface area (Å²) in [6.07, 6.45) is 0. The highest BCUT2D eigenvalue weighted by Gasteiger charge is 2.16. The molecule has 0 atom stereocenters. The number of rotatable bonds is 4. The molecule has 1 heterocycles. The fraction of sp³-hybridized carbons (Fsp3) is 0.190. The zero-order chi connectivity index (χ0) is 19.6. The molecule has 27 heavy (non-hydrogen) atoms. The van der Waals surface area contributed by atoms with E-state index in [1.54, 1.807) is 18.2 Å². The predicted molar refractivity (Wildman–Crippen MR) is 102 cm³/mol. The molecule has 0 saturated carbocycles. The van der Waals surface area contributed by atoms with Crippen molar-refractivity contribution in [3.63, 3.8) is 0 Å². The molecule has 0 fully saturated rings. The SMILES string of the molecule is Cc1ccc2oc(C(=O)OCC(=O)Nc3c(C)cccc3C)cc(=O)c2c1. The number of amides is 1. The van der Waals surface area contributed by atoms with Crippen LogP contribution in [0.2, 0.25) is 0 Å². The van der Waals surface area contributed by atoms with Gasteiger partial charge in [0.15, 0.2) is 12.0 Å². The maximum Gasteiger partial charge on any atom is 0.374 e. The zero-order valence-electron chi connectivity index (χ0n) is 15.3. The van der Waals surface area contributed by atoms with E-state index in [9.17, 15) is 14.4 Å². The van der Waals surface area contributed by atoms with E-state index < -0.39 is 18.5 Å². The number of carbonyl (C=O) groups is 2. The lowest BCUT2D eigenvalue weighted by atomic mass is 10.1. The number of aryl methyl sites for hydroxylation is 3. The highest BCUT2D eigenvalue weighted by Crippen LogP contribution is 2.19. The number of esters is 1. The third-order valence-electron chi connectivity index (χ3n) is 4.16. The normalized spacial score (nSPS) is 10.6. The van der Waals surface area contributed by atoms with E-state index in [1.165, 1.54) is 0 Å². The van der Waals surface area contributed by atoms with E-state index in [-0.39, 0.29) is 11.2 Å². The third-order valence-corrected chi connectivity index (χ3v) is 4.16. The van der Waals surface area contributed by atoms with Crippen LogP contribution in [0.3, 0.4) is 0 Å². The Morgan fingerprint density at radius 1 is 1.04 bits per heavy atom. The van der Waals surface area contributed by atoms with E-state index >= 15 is 0 Å². The van der Waals surface area contributed by atoms with Gasteiger partial charge in [0.05, 0.1) is 5.39 Å². The summed E-state index contributed by atoms with van der Waals surface area (Å²) >= 11 is 0. The van der Waals surface area contributed by atoms with Gasteiger partial charge in [-0.15, -0.1) is 0 Å². The second-order valence-corrected chi connectivity index (χ2v) is 6.37. The van der Waals surface area contributed by atoms with Crippen molar-refractivity contribution in [1.82, 2.24) is 0 Å². The molecule has 1 aromatic heterocycles. The molecule has 3 aromatic rings. The molecule has 0 bridgehead atoms. The molecule has 6 heteroatoms. The summed E-state index contributed by atoms with van der Waals surface area (Å²) in [5.74, 6) is -1.58. The Kier molecular flexibility index (Phi) is 5.07.